The lowest BCUT2D eigenvalue weighted by Crippen LogP contribution is -2.32. The number of amides is 1. The summed E-state index contributed by atoms with van der Waals surface area (Å²) in [5.41, 5.74) is 1.40. The maximum atomic E-state index is 12.7. The van der Waals surface area contributed by atoms with Crippen LogP contribution < -0.4 is 19.5 Å². The van der Waals surface area contributed by atoms with E-state index in [1.54, 1.807) is 12.1 Å². The molecule has 4 rings (SSSR count). The van der Waals surface area contributed by atoms with Crippen LogP contribution in [0.25, 0.3) is 0 Å². The molecule has 0 radical (unpaired) electrons. The Morgan fingerprint density at radius 3 is 2.76 bits per heavy atom. The molecule has 0 aliphatic carbocycles. The van der Waals surface area contributed by atoms with Gasteiger partial charge in [0.15, 0.2) is 11.5 Å². The van der Waals surface area contributed by atoms with Gasteiger partial charge in [-0.1, -0.05) is 27.5 Å². The van der Waals surface area contributed by atoms with Gasteiger partial charge in [-0.25, -0.2) is 0 Å². The third kappa shape index (κ3) is 3.28. The SMILES string of the molecule is O=C(NC1CCOc2ccc(Br)cc21)c1cc(Cl)c2c(c1)OCCO2. The number of hydrogen-bond donors (Lipinski definition) is 1. The van der Waals surface area contributed by atoms with E-state index in [2.05, 4.69) is 21.2 Å². The fourth-order valence-electron chi connectivity index (χ4n) is 3.00. The molecule has 2 heterocycles. The van der Waals surface area contributed by atoms with E-state index in [1.807, 2.05) is 18.2 Å². The van der Waals surface area contributed by atoms with Gasteiger partial charge >= 0.3 is 0 Å². The molecule has 0 bridgehead atoms. The number of carbonyl (C=O) groups is 1. The van der Waals surface area contributed by atoms with E-state index in [-0.39, 0.29) is 11.9 Å². The molecular weight excluding hydrogens is 410 g/mol. The van der Waals surface area contributed by atoms with Crippen molar-refractivity contribution < 1.29 is 19.0 Å². The number of ether oxygens (including phenoxy) is 3. The molecule has 25 heavy (non-hydrogen) atoms. The third-order valence-corrected chi connectivity index (χ3v) is 4.95. The highest BCUT2D eigenvalue weighted by molar-refractivity contribution is 9.10. The number of nitrogens with one attached hydrogen (secondary N) is 1. The summed E-state index contributed by atoms with van der Waals surface area (Å²) in [5, 5.41) is 3.43. The molecule has 0 spiro atoms. The van der Waals surface area contributed by atoms with Crippen LogP contribution in [-0.2, 0) is 0 Å². The van der Waals surface area contributed by atoms with Gasteiger partial charge in [0.05, 0.1) is 17.7 Å². The number of carbonyl (C=O) groups excluding carboxylic acids is 1. The van der Waals surface area contributed by atoms with Crippen LogP contribution in [0.2, 0.25) is 5.02 Å². The van der Waals surface area contributed by atoms with Gasteiger partial charge in [0.2, 0.25) is 0 Å². The second-order valence-electron chi connectivity index (χ2n) is 5.83. The Hall–Kier alpha value is -1.92. The zero-order valence-electron chi connectivity index (χ0n) is 13.2. The van der Waals surface area contributed by atoms with Gasteiger partial charge in [0.1, 0.15) is 19.0 Å². The molecule has 2 aromatic rings. The highest BCUT2D eigenvalue weighted by atomic mass is 79.9. The Kier molecular flexibility index (Phi) is 4.48. The minimum atomic E-state index is -0.211. The number of hydrogen-bond acceptors (Lipinski definition) is 4. The largest absolute Gasteiger partial charge is 0.493 e. The molecule has 2 aliphatic rings. The molecule has 1 amide bonds. The lowest BCUT2D eigenvalue weighted by atomic mass is 10.00. The van der Waals surface area contributed by atoms with Crippen molar-refractivity contribution in [3.05, 3.63) is 51.0 Å². The van der Waals surface area contributed by atoms with Gasteiger partial charge in [-0.05, 0) is 30.3 Å². The number of halogens is 2. The summed E-state index contributed by atoms with van der Waals surface area (Å²) in [6.45, 7) is 1.45. The van der Waals surface area contributed by atoms with Crippen LogP contribution in [0.5, 0.6) is 17.2 Å². The Morgan fingerprint density at radius 2 is 1.88 bits per heavy atom. The van der Waals surface area contributed by atoms with Crippen LogP contribution in [-0.4, -0.2) is 25.7 Å². The molecule has 5 nitrogen and oxygen atoms in total. The number of fused-ring (bicyclic) bond motifs is 2. The van der Waals surface area contributed by atoms with Crippen LogP contribution in [0.15, 0.2) is 34.8 Å². The highest BCUT2D eigenvalue weighted by Crippen LogP contribution is 2.39. The first-order valence-corrected chi connectivity index (χ1v) is 9.11. The molecule has 0 aromatic heterocycles. The maximum absolute atomic E-state index is 12.7. The van der Waals surface area contributed by atoms with Crippen molar-refractivity contribution >= 4 is 33.4 Å². The molecule has 0 fully saturated rings. The number of benzene rings is 2. The van der Waals surface area contributed by atoms with E-state index < -0.39 is 0 Å². The third-order valence-electron chi connectivity index (χ3n) is 4.18. The first kappa shape index (κ1) is 16.5. The molecule has 2 aromatic carbocycles. The second-order valence-corrected chi connectivity index (χ2v) is 7.15. The molecule has 130 valence electrons. The monoisotopic (exact) mass is 423 g/mol. The van der Waals surface area contributed by atoms with Crippen LogP contribution in [0.1, 0.15) is 28.4 Å². The predicted octanol–water partition coefficient (Wildman–Crippen LogP) is 4.13. The van der Waals surface area contributed by atoms with Crippen molar-refractivity contribution in [2.45, 2.75) is 12.5 Å². The van der Waals surface area contributed by atoms with E-state index in [9.17, 15) is 4.79 Å². The normalized spacial score (nSPS) is 18.1. The van der Waals surface area contributed by atoms with Gasteiger partial charge in [-0.2, -0.15) is 0 Å². The predicted molar refractivity (Wildman–Crippen MR) is 96.9 cm³/mol. The Morgan fingerprint density at radius 1 is 1.08 bits per heavy atom. The first-order chi connectivity index (χ1) is 12.1. The minimum absolute atomic E-state index is 0.124. The smallest absolute Gasteiger partial charge is 0.251 e. The van der Waals surface area contributed by atoms with E-state index in [0.717, 1.165) is 15.8 Å². The van der Waals surface area contributed by atoms with Gasteiger partial charge in [0, 0.05) is 22.0 Å². The maximum Gasteiger partial charge on any atom is 0.251 e. The van der Waals surface area contributed by atoms with E-state index in [1.165, 1.54) is 0 Å². The summed E-state index contributed by atoms with van der Waals surface area (Å²) >= 11 is 9.69. The molecule has 2 aliphatic heterocycles. The molecule has 1 atom stereocenters. The van der Waals surface area contributed by atoms with E-state index >= 15 is 0 Å². The quantitative estimate of drug-likeness (QED) is 0.788. The average Bonchev–Trinajstić information content (AvgIpc) is 2.62. The lowest BCUT2D eigenvalue weighted by Gasteiger charge is -2.27. The molecule has 7 heteroatoms. The van der Waals surface area contributed by atoms with Gasteiger partial charge in [-0.3, -0.25) is 4.79 Å². The fourth-order valence-corrected chi connectivity index (χ4v) is 3.64. The van der Waals surface area contributed by atoms with Crippen molar-refractivity contribution in [1.82, 2.24) is 5.32 Å². The summed E-state index contributed by atoms with van der Waals surface area (Å²) in [4.78, 5) is 12.7. The Balaban J connectivity index is 1.59. The van der Waals surface area contributed by atoms with Crippen molar-refractivity contribution in [2.24, 2.45) is 0 Å². The summed E-state index contributed by atoms with van der Waals surface area (Å²) < 4.78 is 17.6. The topological polar surface area (TPSA) is 56.8 Å². The summed E-state index contributed by atoms with van der Waals surface area (Å²) in [6.07, 6.45) is 0.702. The molecular formula is C18H15BrClNO4. The van der Waals surface area contributed by atoms with Crippen molar-refractivity contribution in [2.75, 3.05) is 19.8 Å². The molecule has 1 N–H and O–H groups in total. The van der Waals surface area contributed by atoms with Crippen molar-refractivity contribution in [1.29, 1.82) is 0 Å². The van der Waals surface area contributed by atoms with Crippen LogP contribution in [0.3, 0.4) is 0 Å². The van der Waals surface area contributed by atoms with Gasteiger partial charge < -0.3 is 19.5 Å². The van der Waals surface area contributed by atoms with Crippen LogP contribution in [0, 0.1) is 0 Å². The van der Waals surface area contributed by atoms with Crippen molar-refractivity contribution in [3.63, 3.8) is 0 Å². The molecule has 0 saturated heterocycles. The summed E-state index contributed by atoms with van der Waals surface area (Å²) in [7, 11) is 0. The van der Waals surface area contributed by atoms with Gasteiger partial charge in [-0.15, -0.1) is 0 Å². The van der Waals surface area contributed by atoms with E-state index in [4.69, 9.17) is 25.8 Å². The minimum Gasteiger partial charge on any atom is -0.493 e. The zero-order valence-corrected chi connectivity index (χ0v) is 15.5. The average molecular weight is 425 g/mol. The lowest BCUT2D eigenvalue weighted by molar-refractivity contribution is 0.0923. The van der Waals surface area contributed by atoms with Crippen LogP contribution >= 0.6 is 27.5 Å². The summed E-state index contributed by atoms with van der Waals surface area (Å²) in [5.74, 6) is 1.57. The van der Waals surface area contributed by atoms with Crippen LogP contribution in [0.4, 0.5) is 0 Å². The first-order valence-electron chi connectivity index (χ1n) is 7.94. The standard InChI is InChI=1S/C18H15BrClNO4/c19-11-1-2-15-12(9-11)14(3-4-23-15)21-18(22)10-7-13(20)17-16(8-10)24-5-6-25-17/h1-2,7-9,14H,3-6H2,(H,21,22). The summed E-state index contributed by atoms with van der Waals surface area (Å²) in [6, 6.07) is 8.93. The highest BCUT2D eigenvalue weighted by Gasteiger charge is 2.25. The number of rotatable bonds is 2. The van der Waals surface area contributed by atoms with Gasteiger partial charge in [0.25, 0.3) is 5.91 Å². The Labute approximate surface area is 158 Å². The zero-order chi connectivity index (χ0) is 17.4. The fraction of sp³-hybridized carbons (Fsp3) is 0.278. The van der Waals surface area contributed by atoms with E-state index in [0.29, 0.717) is 48.3 Å². The van der Waals surface area contributed by atoms with Crippen molar-refractivity contribution in [3.8, 4) is 17.2 Å². The Bertz CT molecular complexity index is 842. The molecule has 0 saturated carbocycles. The molecule has 1 unspecified atom stereocenters. The second kappa shape index (κ2) is 6.77.